The Morgan fingerprint density at radius 2 is 2.04 bits per heavy atom. The first kappa shape index (κ1) is 17.6. The Labute approximate surface area is 146 Å². The molecule has 0 saturated carbocycles. The first-order valence-corrected chi connectivity index (χ1v) is 7.95. The van der Waals surface area contributed by atoms with Gasteiger partial charge in [-0.2, -0.15) is 0 Å². The normalized spacial score (nSPS) is 10.4. The van der Waals surface area contributed by atoms with Crippen LogP contribution in [0.5, 0.6) is 0 Å². The van der Waals surface area contributed by atoms with Gasteiger partial charge in [-0.05, 0) is 71.5 Å². The lowest BCUT2D eigenvalue weighted by Gasteiger charge is -2.14. The summed E-state index contributed by atoms with van der Waals surface area (Å²) in [5, 5.41) is 11.7. The maximum atomic E-state index is 13.5. The molecule has 0 aliphatic heterocycles. The van der Waals surface area contributed by atoms with Gasteiger partial charge >= 0.3 is 0 Å². The van der Waals surface area contributed by atoms with Crippen LogP contribution < -0.4 is 10.8 Å². The van der Waals surface area contributed by atoms with Crippen LogP contribution in [-0.4, -0.2) is 24.2 Å². The molecule has 5 nitrogen and oxygen atoms in total. The van der Waals surface area contributed by atoms with Gasteiger partial charge in [-0.15, -0.1) is 0 Å². The van der Waals surface area contributed by atoms with Gasteiger partial charge in [0.05, 0.1) is 24.5 Å². The van der Waals surface area contributed by atoms with E-state index >= 15 is 0 Å². The maximum Gasteiger partial charge on any atom is 0.276 e. The molecule has 0 unspecified atom stereocenters. The topological polar surface area (TPSA) is 70.6 Å². The second-order valence-corrected chi connectivity index (χ2v) is 6.02. The minimum atomic E-state index is -0.524. The van der Waals surface area contributed by atoms with Crippen LogP contribution in [0.2, 0.25) is 0 Å². The molecule has 2 rings (SSSR count). The molecule has 1 amide bonds. The lowest BCUT2D eigenvalue weighted by molar-refractivity contribution is 0.0169. The van der Waals surface area contributed by atoms with E-state index in [0.29, 0.717) is 5.69 Å². The van der Waals surface area contributed by atoms with Crippen molar-refractivity contribution >= 4 is 39.9 Å². The Bertz CT molecular complexity index is 710. The number of benzene rings is 2. The van der Waals surface area contributed by atoms with E-state index in [1.807, 2.05) is 25.1 Å². The van der Waals surface area contributed by atoms with Crippen molar-refractivity contribution < 1.29 is 19.1 Å². The maximum absolute atomic E-state index is 13.5. The lowest BCUT2D eigenvalue weighted by Crippen LogP contribution is -2.26. The van der Waals surface area contributed by atoms with E-state index in [9.17, 15) is 9.18 Å². The van der Waals surface area contributed by atoms with Gasteiger partial charge < -0.3 is 10.4 Å². The molecule has 0 saturated heterocycles. The SMILES string of the molecule is Cc1cc(I)ccc1Nc1cc(F)ccc1C(=O)NOCCO. The molecule has 7 heteroatoms. The largest absolute Gasteiger partial charge is 0.394 e. The summed E-state index contributed by atoms with van der Waals surface area (Å²) in [7, 11) is 0. The van der Waals surface area contributed by atoms with Crippen LogP contribution in [0.3, 0.4) is 0 Å². The van der Waals surface area contributed by atoms with Gasteiger partial charge in [0.2, 0.25) is 0 Å². The fourth-order valence-corrected chi connectivity index (χ4v) is 2.59. The van der Waals surface area contributed by atoms with Gasteiger partial charge in [0.1, 0.15) is 5.82 Å². The number of aryl methyl sites for hydroxylation is 1. The van der Waals surface area contributed by atoms with Crippen molar-refractivity contribution in [3.05, 3.63) is 56.9 Å². The summed E-state index contributed by atoms with van der Waals surface area (Å²) >= 11 is 2.21. The summed E-state index contributed by atoms with van der Waals surface area (Å²) in [6.45, 7) is 1.69. The van der Waals surface area contributed by atoms with Crippen LogP contribution in [0, 0.1) is 16.3 Å². The third-order valence-corrected chi connectivity index (χ3v) is 3.71. The molecule has 2 aromatic carbocycles. The van der Waals surface area contributed by atoms with Crippen molar-refractivity contribution in [2.75, 3.05) is 18.5 Å². The summed E-state index contributed by atoms with van der Waals surface area (Å²) in [6, 6.07) is 9.58. The average molecular weight is 430 g/mol. The molecule has 0 heterocycles. The van der Waals surface area contributed by atoms with Gasteiger partial charge in [0.25, 0.3) is 5.91 Å². The van der Waals surface area contributed by atoms with Gasteiger partial charge in [0.15, 0.2) is 0 Å². The quantitative estimate of drug-likeness (QED) is 0.374. The summed E-state index contributed by atoms with van der Waals surface area (Å²) in [6.07, 6.45) is 0. The fraction of sp³-hybridized carbons (Fsp3) is 0.188. The molecule has 0 spiro atoms. The summed E-state index contributed by atoms with van der Waals surface area (Å²) < 4.78 is 14.6. The molecule has 0 aliphatic carbocycles. The van der Waals surface area contributed by atoms with Crippen LogP contribution in [-0.2, 0) is 4.84 Å². The van der Waals surface area contributed by atoms with Crippen molar-refractivity contribution in [1.29, 1.82) is 0 Å². The first-order chi connectivity index (χ1) is 11.0. The van der Waals surface area contributed by atoms with Crippen LogP contribution in [0.25, 0.3) is 0 Å². The number of hydrogen-bond donors (Lipinski definition) is 3. The summed E-state index contributed by atoms with van der Waals surface area (Å²) in [5.74, 6) is -0.979. The molecule has 3 N–H and O–H groups in total. The molecular weight excluding hydrogens is 414 g/mol. The molecule has 0 fully saturated rings. The number of rotatable bonds is 6. The van der Waals surface area contributed by atoms with E-state index < -0.39 is 11.7 Å². The molecule has 0 bridgehead atoms. The van der Waals surface area contributed by atoms with Crippen LogP contribution >= 0.6 is 22.6 Å². The smallest absolute Gasteiger partial charge is 0.276 e. The number of carbonyl (C=O) groups excluding carboxylic acids is 1. The Kier molecular flexibility index (Phi) is 6.31. The summed E-state index contributed by atoms with van der Waals surface area (Å²) in [4.78, 5) is 16.9. The van der Waals surface area contributed by atoms with E-state index in [-0.39, 0.29) is 18.8 Å². The second-order valence-electron chi connectivity index (χ2n) is 4.78. The average Bonchev–Trinajstić information content (AvgIpc) is 2.50. The Hall–Kier alpha value is -1.71. The highest BCUT2D eigenvalue weighted by Gasteiger charge is 2.13. The van der Waals surface area contributed by atoms with Crippen molar-refractivity contribution in [1.82, 2.24) is 5.48 Å². The van der Waals surface area contributed by atoms with Gasteiger partial charge in [-0.1, -0.05) is 0 Å². The number of hydrogen-bond acceptors (Lipinski definition) is 4. The van der Waals surface area contributed by atoms with Gasteiger partial charge in [0, 0.05) is 9.26 Å². The fourth-order valence-electron chi connectivity index (χ4n) is 1.95. The van der Waals surface area contributed by atoms with E-state index in [2.05, 4.69) is 33.4 Å². The van der Waals surface area contributed by atoms with E-state index in [4.69, 9.17) is 9.94 Å². The first-order valence-electron chi connectivity index (χ1n) is 6.87. The molecule has 0 radical (unpaired) electrons. The number of aliphatic hydroxyl groups excluding tert-OH is 1. The third-order valence-electron chi connectivity index (χ3n) is 3.04. The monoisotopic (exact) mass is 430 g/mol. The zero-order valence-electron chi connectivity index (χ0n) is 12.4. The van der Waals surface area contributed by atoms with Crippen LogP contribution in [0.4, 0.5) is 15.8 Å². The zero-order valence-corrected chi connectivity index (χ0v) is 14.6. The zero-order chi connectivity index (χ0) is 16.8. The standard InChI is InChI=1S/C16H16FIN2O3/c1-10-8-12(18)3-5-14(10)19-15-9-11(17)2-4-13(15)16(22)20-23-7-6-21/h2-5,8-9,19,21H,6-7H2,1H3,(H,20,22). The second kappa shape index (κ2) is 8.23. The number of aliphatic hydroxyl groups is 1. The Balaban J connectivity index is 2.26. The molecule has 23 heavy (non-hydrogen) atoms. The molecule has 2 aromatic rings. The number of anilines is 2. The number of amides is 1. The molecule has 0 atom stereocenters. The highest BCUT2D eigenvalue weighted by molar-refractivity contribution is 14.1. The minimum absolute atomic E-state index is 0.0219. The number of nitrogens with one attached hydrogen (secondary N) is 2. The number of carbonyl (C=O) groups is 1. The van der Waals surface area contributed by atoms with Crippen molar-refractivity contribution in [3.63, 3.8) is 0 Å². The predicted octanol–water partition coefficient (Wildman–Crippen LogP) is 3.14. The Morgan fingerprint density at radius 1 is 1.26 bits per heavy atom. The van der Waals surface area contributed by atoms with E-state index in [1.54, 1.807) is 0 Å². The number of hydroxylamine groups is 1. The highest BCUT2D eigenvalue weighted by Crippen LogP contribution is 2.25. The van der Waals surface area contributed by atoms with Crippen molar-refractivity contribution in [2.24, 2.45) is 0 Å². The molecule has 0 aliphatic rings. The van der Waals surface area contributed by atoms with Gasteiger partial charge in [-0.25, -0.2) is 9.87 Å². The molecular formula is C16H16FIN2O3. The number of halogens is 2. The minimum Gasteiger partial charge on any atom is -0.394 e. The summed E-state index contributed by atoms with van der Waals surface area (Å²) in [5.41, 5.74) is 4.53. The lowest BCUT2D eigenvalue weighted by atomic mass is 10.1. The highest BCUT2D eigenvalue weighted by atomic mass is 127. The van der Waals surface area contributed by atoms with E-state index in [1.165, 1.54) is 18.2 Å². The molecule has 122 valence electrons. The van der Waals surface area contributed by atoms with Crippen LogP contribution in [0.1, 0.15) is 15.9 Å². The van der Waals surface area contributed by atoms with Crippen molar-refractivity contribution in [2.45, 2.75) is 6.92 Å². The van der Waals surface area contributed by atoms with Crippen molar-refractivity contribution in [3.8, 4) is 0 Å². The molecule has 0 aromatic heterocycles. The Morgan fingerprint density at radius 3 is 2.74 bits per heavy atom. The van der Waals surface area contributed by atoms with Crippen LogP contribution in [0.15, 0.2) is 36.4 Å². The third kappa shape index (κ3) is 4.88. The van der Waals surface area contributed by atoms with Gasteiger partial charge in [-0.3, -0.25) is 9.63 Å². The predicted molar refractivity (Wildman–Crippen MR) is 94.1 cm³/mol. The van der Waals surface area contributed by atoms with E-state index in [0.717, 1.165) is 14.8 Å².